The van der Waals surface area contributed by atoms with Gasteiger partial charge in [-0.25, -0.2) is 9.18 Å². The first-order valence-corrected chi connectivity index (χ1v) is 5.96. The molecule has 0 saturated heterocycles. The Balaban J connectivity index is 3.32. The van der Waals surface area contributed by atoms with E-state index in [1.165, 1.54) is 0 Å². The molecule has 9 heteroatoms. The first kappa shape index (κ1) is 16.3. The summed E-state index contributed by atoms with van der Waals surface area (Å²) >= 11 is 5.37. The molecule has 1 aromatic carbocycles. The van der Waals surface area contributed by atoms with Crippen LogP contribution in [0, 0.1) is 15.9 Å². The Morgan fingerprint density at radius 3 is 2.50 bits per heavy atom. The van der Waals surface area contributed by atoms with Crippen molar-refractivity contribution < 1.29 is 29.4 Å². The average Bonchev–Trinajstić information content (AvgIpc) is 2.37. The van der Waals surface area contributed by atoms with Crippen LogP contribution in [-0.2, 0) is 0 Å². The summed E-state index contributed by atoms with van der Waals surface area (Å²) in [5.74, 6) is -2.83. The van der Waals surface area contributed by atoms with Gasteiger partial charge in [-0.05, 0) is 12.5 Å². The van der Waals surface area contributed by atoms with E-state index in [9.17, 15) is 29.5 Å². The summed E-state index contributed by atoms with van der Waals surface area (Å²) in [6.07, 6.45) is -3.22. The lowest BCUT2D eigenvalue weighted by Gasteiger charge is -2.18. The molecule has 1 aromatic rings. The summed E-state index contributed by atoms with van der Waals surface area (Å²) in [4.78, 5) is 20.6. The highest BCUT2D eigenvalue weighted by atomic mass is 35.5. The summed E-state index contributed by atoms with van der Waals surface area (Å²) in [5, 5.41) is 38.8. The van der Waals surface area contributed by atoms with Gasteiger partial charge in [-0.3, -0.25) is 10.1 Å². The van der Waals surface area contributed by atoms with Crippen molar-refractivity contribution in [3.63, 3.8) is 0 Å². The highest BCUT2D eigenvalue weighted by Gasteiger charge is 2.28. The van der Waals surface area contributed by atoms with Gasteiger partial charge in [0.1, 0.15) is 17.5 Å². The van der Waals surface area contributed by atoms with Crippen LogP contribution < -0.4 is 0 Å². The molecule has 3 N–H and O–H groups in total. The minimum absolute atomic E-state index is 0.00481. The number of nitrogens with zero attached hydrogens (tertiary/aromatic N) is 1. The summed E-state index contributed by atoms with van der Waals surface area (Å²) in [6.45, 7) is 0. The first-order chi connectivity index (χ1) is 9.29. The molecule has 0 aliphatic rings. The lowest BCUT2D eigenvalue weighted by molar-refractivity contribution is -0.385. The predicted molar refractivity (Wildman–Crippen MR) is 66.3 cm³/mol. The zero-order valence-electron chi connectivity index (χ0n) is 9.99. The highest BCUT2D eigenvalue weighted by molar-refractivity contribution is 6.17. The number of nitro benzene ring substituents is 1. The minimum atomic E-state index is -1.74. The number of aromatic carboxylic acids is 1. The minimum Gasteiger partial charge on any atom is -0.477 e. The number of carbonyl (C=O) groups is 1. The monoisotopic (exact) mass is 307 g/mol. The number of nitro groups is 1. The predicted octanol–water partition coefficient (Wildman–Crippen LogP) is 1.46. The van der Waals surface area contributed by atoms with Crippen molar-refractivity contribution in [1.29, 1.82) is 0 Å². The topological polar surface area (TPSA) is 121 Å². The second-order valence-corrected chi connectivity index (χ2v) is 4.32. The van der Waals surface area contributed by atoms with Crippen molar-refractivity contribution in [3.05, 3.63) is 39.2 Å². The van der Waals surface area contributed by atoms with Gasteiger partial charge in [0.25, 0.3) is 5.69 Å². The maximum atomic E-state index is 13.7. The number of carboxylic acid groups (broad SMARTS) is 1. The molecule has 0 fully saturated rings. The Morgan fingerprint density at radius 2 is 2.05 bits per heavy atom. The van der Waals surface area contributed by atoms with Crippen LogP contribution in [0.5, 0.6) is 0 Å². The fourth-order valence-electron chi connectivity index (χ4n) is 1.60. The van der Waals surface area contributed by atoms with Crippen LogP contribution in [0.4, 0.5) is 10.1 Å². The molecule has 7 nitrogen and oxygen atoms in total. The SMILES string of the molecule is O=C(O)c1cc(F)c(C(O)C(O)CCCl)cc1[N+](=O)[O-]. The molecule has 0 amide bonds. The average molecular weight is 308 g/mol. The quantitative estimate of drug-likeness (QED) is 0.415. The van der Waals surface area contributed by atoms with Gasteiger partial charge in [0.2, 0.25) is 0 Å². The van der Waals surface area contributed by atoms with E-state index in [-0.39, 0.29) is 12.3 Å². The van der Waals surface area contributed by atoms with Crippen molar-refractivity contribution >= 4 is 23.3 Å². The second-order valence-electron chi connectivity index (χ2n) is 3.94. The van der Waals surface area contributed by atoms with Crippen LogP contribution in [0.25, 0.3) is 0 Å². The Hall–Kier alpha value is -1.77. The Labute approximate surface area is 117 Å². The second kappa shape index (κ2) is 6.60. The highest BCUT2D eigenvalue weighted by Crippen LogP contribution is 2.29. The van der Waals surface area contributed by atoms with Crippen molar-refractivity contribution in [2.24, 2.45) is 0 Å². The lowest BCUT2D eigenvalue weighted by atomic mass is 9.99. The summed E-state index contributed by atoms with van der Waals surface area (Å²) < 4.78 is 13.7. The van der Waals surface area contributed by atoms with E-state index >= 15 is 0 Å². The maximum Gasteiger partial charge on any atom is 0.342 e. The fraction of sp³-hybridized carbons (Fsp3) is 0.364. The van der Waals surface area contributed by atoms with E-state index in [0.29, 0.717) is 12.1 Å². The summed E-state index contributed by atoms with van der Waals surface area (Å²) in [5.41, 5.74) is -2.26. The number of halogens is 2. The van der Waals surface area contributed by atoms with Crippen LogP contribution >= 0.6 is 11.6 Å². The fourth-order valence-corrected chi connectivity index (χ4v) is 1.83. The van der Waals surface area contributed by atoms with Crippen molar-refractivity contribution in [1.82, 2.24) is 0 Å². The summed E-state index contributed by atoms with van der Waals surface area (Å²) in [7, 11) is 0. The molecular weight excluding hydrogens is 297 g/mol. The molecule has 0 spiro atoms. The number of rotatable bonds is 6. The van der Waals surface area contributed by atoms with E-state index in [2.05, 4.69) is 0 Å². The molecule has 0 saturated carbocycles. The Morgan fingerprint density at radius 1 is 1.45 bits per heavy atom. The standard InChI is InChI=1S/C11H11ClFNO6/c12-2-1-9(15)10(16)5-4-8(14(19)20)6(11(17)18)3-7(5)13/h3-4,9-10,15-16H,1-2H2,(H,17,18). The molecule has 110 valence electrons. The van der Waals surface area contributed by atoms with Crippen molar-refractivity contribution in [3.8, 4) is 0 Å². The van der Waals surface area contributed by atoms with Gasteiger partial charge in [0.05, 0.1) is 11.0 Å². The van der Waals surface area contributed by atoms with Crippen molar-refractivity contribution in [2.75, 3.05) is 5.88 Å². The third-order valence-corrected chi connectivity index (χ3v) is 2.85. The third kappa shape index (κ3) is 3.41. The number of carboxylic acids is 1. The van der Waals surface area contributed by atoms with Crippen molar-refractivity contribution in [2.45, 2.75) is 18.6 Å². The van der Waals surface area contributed by atoms with Crippen LogP contribution in [0.2, 0.25) is 0 Å². The molecule has 2 atom stereocenters. The van der Waals surface area contributed by atoms with Gasteiger partial charge in [0, 0.05) is 17.5 Å². The number of hydrogen-bond donors (Lipinski definition) is 3. The molecular formula is C11H11ClFNO6. The summed E-state index contributed by atoms with van der Waals surface area (Å²) in [6, 6.07) is 1.04. The molecule has 0 heterocycles. The molecule has 0 bridgehead atoms. The van der Waals surface area contributed by atoms with Gasteiger partial charge < -0.3 is 15.3 Å². The van der Waals surface area contributed by atoms with Crippen LogP contribution in [0.15, 0.2) is 12.1 Å². The third-order valence-electron chi connectivity index (χ3n) is 2.63. The zero-order chi connectivity index (χ0) is 15.4. The molecule has 20 heavy (non-hydrogen) atoms. The molecule has 2 unspecified atom stereocenters. The van der Waals surface area contributed by atoms with E-state index < -0.39 is 45.7 Å². The Bertz CT molecular complexity index is 538. The van der Waals surface area contributed by atoms with E-state index in [0.717, 1.165) is 0 Å². The van der Waals surface area contributed by atoms with Gasteiger partial charge in [0.15, 0.2) is 0 Å². The largest absolute Gasteiger partial charge is 0.477 e. The Kier molecular flexibility index (Phi) is 5.37. The van der Waals surface area contributed by atoms with Gasteiger partial charge >= 0.3 is 5.97 Å². The molecule has 0 aliphatic carbocycles. The van der Waals surface area contributed by atoms with Gasteiger partial charge in [-0.15, -0.1) is 11.6 Å². The zero-order valence-corrected chi connectivity index (χ0v) is 10.7. The van der Waals surface area contributed by atoms with Crippen LogP contribution in [0.1, 0.15) is 28.4 Å². The molecule has 0 aromatic heterocycles. The number of benzene rings is 1. The van der Waals surface area contributed by atoms with Crippen LogP contribution in [-0.4, -0.2) is 38.2 Å². The van der Waals surface area contributed by atoms with Gasteiger partial charge in [-0.1, -0.05) is 0 Å². The maximum absolute atomic E-state index is 13.7. The van der Waals surface area contributed by atoms with Gasteiger partial charge in [-0.2, -0.15) is 0 Å². The molecule has 0 aliphatic heterocycles. The number of aliphatic hydroxyl groups is 2. The normalized spacial score (nSPS) is 13.8. The number of alkyl halides is 1. The van der Waals surface area contributed by atoms with Crippen LogP contribution in [0.3, 0.4) is 0 Å². The smallest absolute Gasteiger partial charge is 0.342 e. The number of hydrogen-bond acceptors (Lipinski definition) is 5. The van der Waals surface area contributed by atoms with E-state index in [1.807, 2.05) is 0 Å². The molecule has 0 radical (unpaired) electrons. The number of aliphatic hydroxyl groups excluding tert-OH is 2. The van der Waals surface area contributed by atoms with E-state index in [1.54, 1.807) is 0 Å². The van der Waals surface area contributed by atoms with E-state index in [4.69, 9.17) is 16.7 Å². The lowest BCUT2D eigenvalue weighted by Crippen LogP contribution is -2.20. The first-order valence-electron chi connectivity index (χ1n) is 5.42. The molecule has 1 rings (SSSR count).